The van der Waals surface area contributed by atoms with Crippen LogP contribution in [0.1, 0.15) is 39.5 Å². The summed E-state index contributed by atoms with van der Waals surface area (Å²) in [6.07, 6.45) is 5.48. The Labute approximate surface area is 64.0 Å². The lowest BCUT2D eigenvalue weighted by molar-refractivity contribution is 0.444. The lowest BCUT2D eigenvalue weighted by Gasteiger charge is -2.07. The lowest BCUT2D eigenvalue weighted by atomic mass is 9.99. The first-order chi connectivity index (χ1) is 4.73. The van der Waals surface area contributed by atoms with Gasteiger partial charge in [0.15, 0.2) is 0 Å². The Morgan fingerprint density at radius 3 is 2.70 bits per heavy atom. The first kappa shape index (κ1) is 8.06. The van der Waals surface area contributed by atoms with E-state index in [0.29, 0.717) is 5.41 Å². The molecule has 0 aromatic carbocycles. The molecule has 0 spiro atoms. The summed E-state index contributed by atoms with van der Waals surface area (Å²) < 4.78 is 0. The fourth-order valence-electron chi connectivity index (χ4n) is 1.76. The van der Waals surface area contributed by atoms with Crippen LogP contribution in [-0.2, 0) is 0 Å². The van der Waals surface area contributed by atoms with Crippen LogP contribution in [0, 0.1) is 11.3 Å². The summed E-state index contributed by atoms with van der Waals surface area (Å²) >= 11 is 0. The zero-order valence-electron chi connectivity index (χ0n) is 7.19. The molecule has 0 amide bonds. The summed E-state index contributed by atoms with van der Waals surface area (Å²) in [6.45, 7) is 5.53. The van der Waals surface area contributed by atoms with E-state index in [1.54, 1.807) is 0 Å². The molecule has 10 heavy (non-hydrogen) atoms. The predicted octanol–water partition coefficient (Wildman–Crippen LogP) is 2.16. The van der Waals surface area contributed by atoms with Gasteiger partial charge in [-0.2, -0.15) is 0 Å². The van der Waals surface area contributed by atoms with Crippen molar-refractivity contribution in [2.75, 3.05) is 6.54 Å². The van der Waals surface area contributed by atoms with Crippen molar-refractivity contribution in [2.24, 2.45) is 17.1 Å². The molecule has 0 saturated heterocycles. The Balaban J connectivity index is 2.16. The molecule has 2 atom stereocenters. The number of hydrogen-bond acceptors (Lipinski definition) is 1. The molecule has 1 nitrogen and oxygen atoms in total. The van der Waals surface area contributed by atoms with Gasteiger partial charge in [0.05, 0.1) is 0 Å². The molecule has 0 aliphatic heterocycles. The topological polar surface area (TPSA) is 26.0 Å². The summed E-state index contributed by atoms with van der Waals surface area (Å²) in [5.74, 6) is 0.846. The normalized spacial score (nSPS) is 38.1. The summed E-state index contributed by atoms with van der Waals surface area (Å²) in [5, 5.41) is 0. The number of rotatable bonds is 4. The Morgan fingerprint density at radius 1 is 1.60 bits per heavy atom. The van der Waals surface area contributed by atoms with Crippen LogP contribution in [0.25, 0.3) is 0 Å². The van der Waals surface area contributed by atoms with Crippen molar-refractivity contribution >= 4 is 0 Å². The third-order valence-electron chi connectivity index (χ3n) is 2.92. The quantitative estimate of drug-likeness (QED) is 0.638. The second-order valence-corrected chi connectivity index (χ2v) is 3.89. The molecule has 0 heterocycles. The van der Waals surface area contributed by atoms with E-state index in [1.165, 1.54) is 25.7 Å². The summed E-state index contributed by atoms with van der Waals surface area (Å²) in [7, 11) is 0. The maximum absolute atomic E-state index is 5.58. The van der Waals surface area contributed by atoms with Gasteiger partial charge in [0, 0.05) is 0 Å². The third-order valence-corrected chi connectivity index (χ3v) is 2.92. The molecular weight excluding hydrogens is 122 g/mol. The third kappa shape index (κ3) is 1.51. The molecule has 2 unspecified atom stereocenters. The average Bonchev–Trinajstić information content (AvgIpc) is 2.59. The minimum absolute atomic E-state index is 0.644. The Bertz CT molecular complexity index is 111. The van der Waals surface area contributed by atoms with Gasteiger partial charge < -0.3 is 5.73 Å². The second-order valence-electron chi connectivity index (χ2n) is 3.89. The van der Waals surface area contributed by atoms with Gasteiger partial charge in [-0.1, -0.05) is 26.7 Å². The van der Waals surface area contributed by atoms with Crippen LogP contribution in [0.4, 0.5) is 0 Å². The van der Waals surface area contributed by atoms with E-state index < -0.39 is 0 Å². The van der Waals surface area contributed by atoms with Crippen LogP contribution in [0.15, 0.2) is 0 Å². The van der Waals surface area contributed by atoms with E-state index >= 15 is 0 Å². The molecule has 0 aromatic heterocycles. The monoisotopic (exact) mass is 141 g/mol. The van der Waals surface area contributed by atoms with Crippen molar-refractivity contribution < 1.29 is 0 Å². The highest BCUT2D eigenvalue weighted by molar-refractivity contribution is 4.98. The van der Waals surface area contributed by atoms with Gasteiger partial charge in [-0.25, -0.2) is 0 Å². The Morgan fingerprint density at radius 2 is 2.30 bits per heavy atom. The van der Waals surface area contributed by atoms with Crippen LogP contribution in [0.3, 0.4) is 0 Å². The highest BCUT2D eigenvalue weighted by Gasteiger charge is 2.47. The molecule has 1 heteroatoms. The molecule has 1 rings (SSSR count). The van der Waals surface area contributed by atoms with Crippen LogP contribution in [-0.4, -0.2) is 6.54 Å². The second kappa shape index (κ2) is 2.91. The van der Waals surface area contributed by atoms with Crippen molar-refractivity contribution in [3.8, 4) is 0 Å². The summed E-state index contributed by atoms with van der Waals surface area (Å²) in [6, 6.07) is 0. The van der Waals surface area contributed by atoms with E-state index in [0.717, 1.165) is 12.5 Å². The smallest absolute Gasteiger partial charge is 0.00434 e. The van der Waals surface area contributed by atoms with E-state index in [2.05, 4.69) is 13.8 Å². The highest BCUT2D eigenvalue weighted by atomic mass is 14.7. The van der Waals surface area contributed by atoms with Crippen molar-refractivity contribution in [1.82, 2.24) is 0 Å². The molecule has 0 bridgehead atoms. The molecule has 60 valence electrons. The average molecular weight is 141 g/mol. The maximum Gasteiger partial charge on any atom is -0.00434 e. The summed E-state index contributed by atoms with van der Waals surface area (Å²) in [4.78, 5) is 0. The first-order valence-electron chi connectivity index (χ1n) is 4.43. The van der Waals surface area contributed by atoms with E-state index in [4.69, 9.17) is 5.73 Å². The van der Waals surface area contributed by atoms with Gasteiger partial charge in [0.1, 0.15) is 0 Å². The molecule has 1 aliphatic carbocycles. The van der Waals surface area contributed by atoms with E-state index in [-0.39, 0.29) is 0 Å². The summed E-state index contributed by atoms with van der Waals surface area (Å²) in [5.41, 5.74) is 6.22. The van der Waals surface area contributed by atoms with Crippen LogP contribution < -0.4 is 5.73 Å². The van der Waals surface area contributed by atoms with Crippen molar-refractivity contribution in [3.05, 3.63) is 0 Å². The molecule has 0 radical (unpaired) electrons. The largest absolute Gasteiger partial charge is 0.330 e. The van der Waals surface area contributed by atoms with Crippen LogP contribution in [0.2, 0.25) is 0 Å². The SMILES string of the molecule is CCCCC1(C)CC1CN. The number of unbranched alkanes of at least 4 members (excludes halogenated alkanes) is 1. The van der Waals surface area contributed by atoms with E-state index in [1.807, 2.05) is 0 Å². The molecule has 1 aliphatic rings. The number of nitrogens with two attached hydrogens (primary N) is 1. The standard InChI is InChI=1S/C9H19N/c1-3-4-5-9(2)6-8(9)7-10/h8H,3-7,10H2,1-2H3. The minimum Gasteiger partial charge on any atom is -0.330 e. The van der Waals surface area contributed by atoms with Gasteiger partial charge in [-0.3, -0.25) is 0 Å². The fraction of sp³-hybridized carbons (Fsp3) is 1.00. The van der Waals surface area contributed by atoms with Gasteiger partial charge in [-0.05, 0) is 30.7 Å². The van der Waals surface area contributed by atoms with Crippen molar-refractivity contribution in [2.45, 2.75) is 39.5 Å². The van der Waals surface area contributed by atoms with Gasteiger partial charge in [-0.15, -0.1) is 0 Å². The molecular formula is C9H19N. The Hall–Kier alpha value is -0.0400. The zero-order valence-corrected chi connectivity index (χ0v) is 7.19. The van der Waals surface area contributed by atoms with Crippen LogP contribution >= 0.6 is 0 Å². The van der Waals surface area contributed by atoms with Gasteiger partial charge in [0.2, 0.25) is 0 Å². The number of hydrogen-bond donors (Lipinski definition) is 1. The first-order valence-corrected chi connectivity index (χ1v) is 4.43. The lowest BCUT2D eigenvalue weighted by Crippen LogP contribution is -2.07. The predicted molar refractivity (Wildman–Crippen MR) is 44.8 cm³/mol. The molecule has 1 saturated carbocycles. The maximum atomic E-state index is 5.58. The fourth-order valence-corrected chi connectivity index (χ4v) is 1.76. The highest BCUT2D eigenvalue weighted by Crippen LogP contribution is 2.54. The Kier molecular flexibility index (Phi) is 2.35. The molecule has 2 N–H and O–H groups in total. The van der Waals surface area contributed by atoms with Gasteiger partial charge >= 0.3 is 0 Å². The van der Waals surface area contributed by atoms with Crippen LogP contribution in [0.5, 0.6) is 0 Å². The van der Waals surface area contributed by atoms with Crippen molar-refractivity contribution in [3.63, 3.8) is 0 Å². The van der Waals surface area contributed by atoms with E-state index in [9.17, 15) is 0 Å². The minimum atomic E-state index is 0.644. The molecule has 1 fully saturated rings. The van der Waals surface area contributed by atoms with Crippen molar-refractivity contribution in [1.29, 1.82) is 0 Å². The molecule has 0 aromatic rings. The van der Waals surface area contributed by atoms with Gasteiger partial charge in [0.25, 0.3) is 0 Å². The zero-order chi connectivity index (χ0) is 7.61.